The zero-order valence-electron chi connectivity index (χ0n) is 11.7. The van der Waals surface area contributed by atoms with Crippen molar-refractivity contribution in [2.24, 2.45) is 0 Å². The molecule has 106 valence electrons. The van der Waals surface area contributed by atoms with Gasteiger partial charge in [0.2, 0.25) is 0 Å². The lowest BCUT2D eigenvalue weighted by molar-refractivity contribution is 0.0934. The summed E-state index contributed by atoms with van der Waals surface area (Å²) >= 11 is 1.61. The van der Waals surface area contributed by atoms with Crippen molar-refractivity contribution in [1.82, 2.24) is 20.3 Å². The molecule has 1 amide bonds. The van der Waals surface area contributed by atoms with Crippen molar-refractivity contribution < 1.29 is 4.79 Å². The van der Waals surface area contributed by atoms with Gasteiger partial charge >= 0.3 is 0 Å². The van der Waals surface area contributed by atoms with Crippen LogP contribution in [-0.2, 0) is 6.42 Å². The minimum Gasteiger partial charge on any atom is -0.372 e. The van der Waals surface area contributed by atoms with Crippen LogP contribution in [0.15, 0.2) is 18.6 Å². The van der Waals surface area contributed by atoms with Crippen molar-refractivity contribution in [3.05, 3.63) is 34.2 Å². The molecular formula is C13H17N5OS. The zero-order chi connectivity index (χ0) is 14.5. The molecule has 0 bridgehead atoms. The number of nitrogens with one attached hydrogen (secondary N) is 2. The molecule has 0 saturated carbocycles. The number of hydrogen-bond donors (Lipinski definition) is 2. The Kier molecular flexibility index (Phi) is 4.62. The first-order valence-corrected chi connectivity index (χ1v) is 7.21. The van der Waals surface area contributed by atoms with Gasteiger partial charge in [0.1, 0.15) is 16.5 Å². The third-order valence-electron chi connectivity index (χ3n) is 2.76. The topological polar surface area (TPSA) is 79.8 Å². The van der Waals surface area contributed by atoms with Gasteiger partial charge < -0.3 is 10.6 Å². The lowest BCUT2D eigenvalue weighted by atomic mass is 10.3. The normalized spacial score (nSPS) is 11.9. The van der Waals surface area contributed by atoms with Gasteiger partial charge in [-0.25, -0.2) is 9.97 Å². The van der Waals surface area contributed by atoms with Gasteiger partial charge in [-0.15, -0.1) is 11.3 Å². The van der Waals surface area contributed by atoms with E-state index in [0.717, 1.165) is 11.4 Å². The predicted octanol–water partition coefficient (Wildman–Crippen LogP) is 2.03. The van der Waals surface area contributed by atoms with E-state index in [0.29, 0.717) is 5.82 Å². The molecule has 0 spiro atoms. The summed E-state index contributed by atoms with van der Waals surface area (Å²) in [4.78, 5) is 25.8. The highest BCUT2D eigenvalue weighted by Crippen LogP contribution is 2.20. The van der Waals surface area contributed by atoms with Crippen molar-refractivity contribution in [1.29, 1.82) is 0 Å². The number of rotatable bonds is 5. The molecule has 2 rings (SSSR count). The summed E-state index contributed by atoms with van der Waals surface area (Å²) in [6, 6.07) is -0.146. The molecule has 1 unspecified atom stereocenters. The standard InChI is InChI=1S/C13H17N5OS/c1-4-9-5-16-13(20-9)8(2)17-12(19)10-6-15-7-11(14-3)18-10/h5-8H,4H2,1-3H3,(H,14,18)(H,17,19). The molecule has 2 N–H and O–H groups in total. The number of aromatic nitrogens is 3. The van der Waals surface area contributed by atoms with Gasteiger partial charge in [-0.05, 0) is 13.3 Å². The number of hydrogen-bond acceptors (Lipinski definition) is 6. The van der Waals surface area contributed by atoms with Crippen LogP contribution in [0.25, 0.3) is 0 Å². The fourth-order valence-corrected chi connectivity index (χ4v) is 2.47. The average molecular weight is 291 g/mol. The molecule has 0 aromatic carbocycles. The molecule has 2 aromatic rings. The van der Waals surface area contributed by atoms with Gasteiger partial charge in [-0.3, -0.25) is 9.78 Å². The number of nitrogens with zero attached hydrogens (tertiary/aromatic N) is 3. The van der Waals surface area contributed by atoms with Crippen LogP contribution in [0.5, 0.6) is 0 Å². The van der Waals surface area contributed by atoms with Crippen LogP contribution in [0.3, 0.4) is 0 Å². The molecule has 0 radical (unpaired) electrons. The van der Waals surface area contributed by atoms with Crippen molar-refractivity contribution in [2.45, 2.75) is 26.3 Å². The number of amides is 1. The summed E-state index contributed by atoms with van der Waals surface area (Å²) in [5.41, 5.74) is 0.288. The van der Waals surface area contributed by atoms with Crippen molar-refractivity contribution >= 4 is 23.1 Å². The highest BCUT2D eigenvalue weighted by Gasteiger charge is 2.15. The maximum Gasteiger partial charge on any atom is 0.272 e. The molecule has 0 aliphatic carbocycles. The second-order valence-corrected chi connectivity index (χ2v) is 5.40. The summed E-state index contributed by atoms with van der Waals surface area (Å²) < 4.78 is 0. The first-order chi connectivity index (χ1) is 9.63. The van der Waals surface area contributed by atoms with Gasteiger partial charge in [0, 0.05) is 18.1 Å². The van der Waals surface area contributed by atoms with Crippen LogP contribution in [0.2, 0.25) is 0 Å². The van der Waals surface area contributed by atoms with Crippen molar-refractivity contribution in [2.75, 3.05) is 12.4 Å². The van der Waals surface area contributed by atoms with E-state index in [1.165, 1.54) is 11.1 Å². The smallest absolute Gasteiger partial charge is 0.272 e. The molecule has 0 fully saturated rings. The third kappa shape index (κ3) is 3.30. The minimum absolute atomic E-state index is 0.146. The molecule has 0 aliphatic rings. The Bertz CT molecular complexity index is 598. The van der Waals surface area contributed by atoms with E-state index in [2.05, 4.69) is 32.5 Å². The SMILES string of the molecule is CCc1cnc(C(C)NC(=O)c2cncc(NC)n2)s1. The molecule has 6 nitrogen and oxygen atoms in total. The van der Waals surface area contributed by atoms with Crippen LogP contribution in [0.4, 0.5) is 5.82 Å². The van der Waals surface area contributed by atoms with Crippen molar-refractivity contribution in [3.63, 3.8) is 0 Å². The van der Waals surface area contributed by atoms with Crippen molar-refractivity contribution in [3.8, 4) is 0 Å². The Morgan fingerprint density at radius 1 is 1.40 bits per heavy atom. The van der Waals surface area contributed by atoms with E-state index in [1.54, 1.807) is 24.6 Å². The molecule has 2 heterocycles. The average Bonchev–Trinajstić information content (AvgIpc) is 2.96. The molecule has 2 aromatic heterocycles. The quantitative estimate of drug-likeness (QED) is 0.881. The fourth-order valence-electron chi connectivity index (χ4n) is 1.61. The summed E-state index contributed by atoms with van der Waals surface area (Å²) in [6.07, 6.45) is 5.81. The number of aryl methyl sites for hydroxylation is 1. The van der Waals surface area contributed by atoms with E-state index in [1.807, 2.05) is 13.1 Å². The predicted molar refractivity (Wildman–Crippen MR) is 79.0 cm³/mol. The highest BCUT2D eigenvalue weighted by atomic mass is 32.1. The van der Waals surface area contributed by atoms with Crippen LogP contribution in [0.1, 0.15) is 40.3 Å². The third-order valence-corrected chi connectivity index (χ3v) is 4.09. The van der Waals surface area contributed by atoms with E-state index in [9.17, 15) is 4.79 Å². The van der Waals surface area contributed by atoms with Gasteiger partial charge in [-0.1, -0.05) is 6.92 Å². The maximum atomic E-state index is 12.1. The highest BCUT2D eigenvalue weighted by molar-refractivity contribution is 7.11. The summed E-state index contributed by atoms with van der Waals surface area (Å²) in [5, 5.41) is 6.63. The van der Waals surface area contributed by atoms with Crippen LogP contribution in [-0.4, -0.2) is 27.9 Å². The molecular weight excluding hydrogens is 274 g/mol. The molecule has 0 saturated heterocycles. The Hall–Kier alpha value is -2.02. The Balaban J connectivity index is 2.06. The van der Waals surface area contributed by atoms with Gasteiger partial charge in [0.25, 0.3) is 5.91 Å². The van der Waals surface area contributed by atoms with Crippen LogP contribution >= 0.6 is 11.3 Å². The van der Waals surface area contributed by atoms with E-state index >= 15 is 0 Å². The van der Waals surface area contributed by atoms with E-state index in [4.69, 9.17) is 0 Å². The number of anilines is 1. The monoisotopic (exact) mass is 291 g/mol. The van der Waals surface area contributed by atoms with E-state index < -0.39 is 0 Å². The van der Waals surface area contributed by atoms with Gasteiger partial charge in [-0.2, -0.15) is 0 Å². The second-order valence-electron chi connectivity index (χ2n) is 4.25. The Labute approximate surface area is 121 Å². The Morgan fingerprint density at radius 2 is 2.20 bits per heavy atom. The number of carbonyl (C=O) groups is 1. The lowest BCUT2D eigenvalue weighted by Gasteiger charge is -2.11. The first-order valence-electron chi connectivity index (χ1n) is 6.39. The van der Waals surface area contributed by atoms with E-state index in [-0.39, 0.29) is 17.6 Å². The maximum absolute atomic E-state index is 12.1. The van der Waals surface area contributed by atoms with Crippen LogP contribution < -0.4 is 10.6 Å². The summed E-state index contributed by atoms with van der Waals surface area (Å²) in [5.74, 6) is 0.308. The molecule has 20 heavy (non-hydrogen) atoms. The second kappa shape index (κ2) is 6.42. The Morgan fingerprint density at radius 3 is 2.85 bits per heavy atom. The minimum atomic E-state index is -0.254. The van der Waals surface area contributed by atoms with Crippen LogP contribution in [0, 0.1) is 0 Å². The van der Waals surface area contributed by atoms with Gasteiger partial charge in [0.15, 0.2) is 0 Å². The molecule has 1 atom stereocenters. The number of thiazole rings is 1. The molecule has 7 heteroatoms. The number of carbonyl (C=O) groups excluding carboxylic acids is 1. The van der Waals surface area contributed by atoms with Gasteiger partial charge in [0.05, 0.1) is 18.4 Å². The largest absolute Gasteiger partial charge is 0.372 e. The first kappa shape index (κ1) is 14.4. The lowest BCUT2D eigenvalue weighted by Crippen LogP contribution is -2.27. The summed E-state index contributed by atoms with van der Waals surface area (Å²) in [7, 11) is 1.73. The molecule has 0 aliphatic heterocycles. The zero-order valence-corrected chi connectivity index (χ0v) is 12.5. The summed E-state index contributed by atoms with van der Waals surface area (Å²) in [6.45, 7) is 3.99. The fraction of sp³-hybridized carbons (Fsp3) is 0.385.